The van der Waals surface area contributed by atoms with E-state index in [-0.39, 0.29) is 0 Å². The molecule has 3 heteroatoms. The second-order valence-electron chi connectivity index (χ2n) is 6.93. The fourth-order valence-electron chi connectivity index (χ4n) is 3.03. The summed E-state index contributed by atoms with van der Waals surface area (Å²) in [6.45, 7) is 11.9. The molecule has 0 spiro atoms. The molecule has 21 heavy (non-hydrogen) atoms. The molecule has 2 nitrogen and oxygen atoms in total. The predicted molar refractivity (Wildman–Crippen MR) is 91.8 cm³/mol. The van der Waals surface area contributed by atoms with Crippen molar-refractivity contribution in [1.82, 2.24) is 5.32 Å². The van der Waals surface area contributed by atoms with E-state index in [4.69, 9.17) is 4.74 Å². The van der Waals surface area contributed by atoms with E-state index in [1.165, 1.54) is 41.0 Å². The van der Waals surface area contributed by atoms with Crippen molar-refractivity contribution in [3.8, 4) is 0 Å². The van der Waals surface area contributed by atoms with Crippen molar-refractivity contribution in [2.75, 3.05) is 6.54 Å². The zero-order valence-electron chi connectivity index (χ0n) is 14.1. The molecule has 2 atom stereocenters. The van der Waals surface area contributed by atoms with Crippen LogP contribution in [0.4, 0.5) is 0 Å². The maximum atomic E-state index is 6.20. The molecule has 0 aromatic carbocycles. The quantitative estimate of drug-likeness (QED) is 0.773. The SMILES string of the molecule is Cc1sc(CNCC(C)C)cc1COC1CCCCC1C. The number of nitrogens with one attached hydrogen (secondary N) is 1. The molecule has 120 valence electrons. The molecule has 2 rings (SSSR count). The van der Waals surface area contributed by atoms with Crippen molar-refractivity contribution in [3.63, 3.8) is 0 Å². The monoisotopic (exact) mass is 309 g/mol. The first-order valence-electron chi connectivity index (χ1n) is 8.46. The van der Waals surface area contributed by atoms with Crippen LogP contribution < -0.4 is 5.32 Å². The number of hydrogen-bond acceptors (Lipinski definition) is 3. The fraction of sp³-hybridized carbons (Fsp3) is 0.778. The third-order valence-corrected chi connectivity index (χ3v) is 5.50. The number of hydrogen-bond donors (Lipinski definition) is 1. The van der Waals surface area contributed by atoms with E-state index in [0.29, 0.717) is 12.0 Å². The second kappa shape index (κ2) is 8.30. The van der Waals surface area contributed by atoms with Crippen LogP contribution in [0.15, 0.2) is 6.07 Å². The lowest BCUT2D eigenvalue weighted by atomic mass is 9.88. The van der Waals surface area contributed by atoms with Crippen LogP contribution >= 0.6 is 11.3 Å². The van der Waals surface area contributed by atoms with Crippen LogP contribution in [0.25, 0.3) is 0 Å². The molecule has 0 amide bonds. The molecule has 1 aliphatic carbocycles. The first-order chi connectivity index (χ1) is 10.1. The predicted octanol–water partition coefficient (Wildman–Crippen LogP) is 4.90. The highest BCUT2D eigenvalue weighted by molar-refractivity contribution is 7.12. The van der Waals surface area contributed by atoms with E-state index in [2.05, 4.69) is 39.1 Å². The van der Waals surface area contributed by atoms with Crippen molar-refractivity contribution < 1.29 is 4.74 Å². The lowest BCUT2D eigenvalue weighted by molar-refractivity contribution is -0.0155. The Labute approximate surface area is 134 Å². The van der Waals surface area contributed by atoms with Gasteiger partial charge in [-0.15, -0.1) is 11.3 Å². The molecule has 1 heterocycles. The highest BCUT2D eigenvalue weighted by atomic mass is 32.1. The van der Waals surface area contributed by atoms with E-state index in [0.717, 1.165) is 25.6 Å². The van der Waals surface area contributed by atoms with Crippen LogP contribution in [-0.4, -0.2) is 12.6 Å². The Kier molecular flexibility index (Phi) is 6.72. The summed E-state index contributed by atoms with van der Waals surface area (Å²) in [5.41, 5.74) is 1.39. The van der Waals surface area contributed by atoms with E-state index >= 15 is 0 Å². The maximum absolute atomic E-state index is 6.20. The summed E-state index contributed by atoms with van der Waals surface area (Å²) in [6, 6.07) is 2.33. The lowest BCUT2D eigenvalue weighted by Gasteiger charge is -2.28. The van der Waals surface area contributed by atoms with Crippen LogP contribution in [0.2, 0.25) is 0 Å². The van der Waals surface area contributed by atoms with Crippen LogP contribution in [-0.2, 0) is 17.9 Å². The van der Waals surface area contributed by atoms with Gasteiger partial charge in [-0.1, -0.05) is 33.6 Å². The zero-order chi connectivity index (χ0) is 15.2. The average Bonchev–Trinajstić information content (AvgIpc) is 2.78. The summed E-state index contributed by atoms with van der Waals surface area (Å²) < 4.78 is 6.20. The molecule has 1 aromatic heterocycles. The summed E-state index contributed by atoms with van der Waals surface area (Å²) in [5.74, 6) is 1.44. The minimum Gasteiger partial charge on any atom is -0.373 e. The Hall–Kier alpha value is -0.380. The van der Waals surface area contributed by atoms with Gasteiger partial charge in [-0.05, 0) is 49.8 Å². The minimum absolute atomic E-state index is 0.473. The van der Waals surface area contributed by atoms with Gasteiger partial charge in [0.2, 0.25) is 0 Å². The highest BCUT2D eigenvalue weighted by Gasteiger charge is 2.22. The summed E-state index contributed by atoms with van der Waals surface area (Å²) in [6.07, 6.45) is 5.76. The van der Waals surface area contributed by atoms with Gasteiger partial charge in [0.25, 0.3) is 0 Å². The minimum atomic E-state index is 0.473. The Morgan fingerprint density at radius 2 is 2.10 bits per heavy atom. The molecule has 2 unspecified atom stereocenters. The van der Waals surface area contributed by atoms with Gasteiger partial charge in [0.15, 0.2) is 0 Å². The summed E-state index contributed by atoms with van der Waals surface area (Å²) in [7, 11) is 0. The normalized spacial score (nSPS) is 22.9. The van der Waals surface area contributed by atoms with Gasteiger partial charge in [0, 0.05) is 16.3 Å². The van der Waals surface area contributed by atoms with E-state index in [1.54, 1.807) is 0 Å². The fourth-order valence-corrected chi connectivity index (χ4v) is 4.05. The van der Waals surface area contributed by atoms with E-state index in [1.807, 2.05) is 11.3 Å². The average molecular weight is 310 g/mol. The van der Waals surface area contributed by atoms with Gasteiger partial charge < -0.3 is 10.1 Å². The zero-order valence-corrected chi connectivity index (χ0v) is 14.9. The van der Waals surface area contributed by atoms with Gasteiger partial charge in [-0.2, -0.15) is 0 Å². The topological polar surface area (TPSA) is 21.3 Å². The van der Waals surface area contributed by atoms with Gasteiger partial charge in [-0.25, -0.2) is 0 Å². The first-order valence-corrected chi connectivity index (χ1v) is 9.28. The molecule has 0 saturated heterocycles. The Bertz CT molecular complexity index is 427. The standard InChI is InChI=1S/C18H31NOS/c1-13(2)10-19-11-17-9-16(15(4)21-17)12-20-18-8-6-5-7-14(18)3/h9,13-14,18-19H,5-8,10-12H2,1-4H3. The Morgan fingerprint density at radius 3 is 2.81 bits per heavy atom. The largest absolute Gasteiger partial charge is 0.373 e. The molecule has 1 saturated carbocycles. The Balaban J connectivity index is 1.81. The molecular formula is C18H31NOS. The van der Waals surface area contributed by atoms with Gasteiger partial charge in [0.05, 0.1) is 12.7 Å². The molecular weight excluding hydrogens is 278 g/mol. The Morgan fingerprint density at radius 1 is 1.33 bits per heavy atom. The molecule has 0 aliphatic heterocycles. The third kappa shape index (κ3) is 5.39. The molecule has 1 fully saturated rings. The van der Waals surface area contributed by atoms with Crippen LogP contribution in [0, 0.1) is 18.8 Å². The van der Waals surface area contributed by atoms with Gasteiger partial charge >= 0.3 is 0 Å². The van der Waals surface area contributed by atoms with Crippen molar-refractivity contribution in [3.05, 3.63) is 21.4 Å². The summed E-state index contributed by atoms with van der Waals surface area (Å²) in [4.78, 5) is 2.85. The maximum Gasteiger partial charge on any atom is 0.0731 e. The molecule has 0 radical (unpaired) electrons. The van der Waals surface area contributed by atoms with Gasteiger partial charge in [0.1, 0.15) is 0 Å². The van der Waals surface area contributed by atoms with E-state index < -0.39 is 0 Å². The van der Waals surface area contributed by atoms with Crippen molar-refractivity contribution in [1.29, 1.82) is 0 Å². The second-order valence-corrected chi connectivity index (χ2v) is 8.27. The third-order valence-electron chi connectivity index (χ3n) is 4.41. The molecule has 0 bridgehead atoms. The first kappa shape index (κ1) is 17.0. The molecule has 1 aromatic rings. The lowest BCUT2D eigenvalue weighted by Crippen LogP contribution is -2.25. The number of rotatable bonds is 7. The number of thiophene rings is 1. The molecule has 1 N–H and O–H groups in total. The summed E-state index contributed by atoms with van der Waals surface area (Å²) in [5, 5.41) is 3.52. The van der Waals surface area contributed by atoms with Crippen LogP contribution in [0.5, 0.6) is 0 Å². The van der Waals surface area contributed by atoms with Crippen LogP contribution in [0.3, 0.4) is 0 Å². The summed E-state index contributed by atoms with van der Waals surface area (Å²) >= 11 is 1.91. The van der Waals surface area contributed by atoms with Crippen molar-refractivity contribution >= 4 is 11.3 Å². The highest BCUT2D eigenvalue weighted by Crippen LogP contribution is 2.28. The number of aryl methyl sites for hydroxylation is 1. The van der Waals surface area contributed by atoms with Crippen molar-refractivity contribution in [2.45, 2.75) is 72.6 Å². The molecule has 1 aliphatic rings. The van der Waals surface area contributed by atoms with E-state index in [9.17, 15) is 0 Å². The number of ether oxygens (including phenoxy) is 1. The van der Waals surface area contributed by atoms with Gasteiger partial charge in [-0.3, -0.25) is 0 Å². The van der Waals surface area contributed by atoms with Crippen LogP contribution in [0.1, 0.15) is 61.8 Å². The van der Waals surface area contributed by atoms with Crippen molar-refractivity contribution in [2.24, 2.45) is 11.8 Å². The smallest absolute Gasteiger partial charge is 0.0731 e.